The van der Waals surface area contributed by atoms with E-state index in [1.807, 2.05) is 57.2 Å². The van der Waals surface area contributed by atoms with E-state index in [4.69, 9.17) is 0 Å². The van der Waals surface area contributed by atoms with Crippen molar-refractivity contribution in [3.8, 4) is 0 Å². The van der Waals surface area contributed by atoms with Gasteiger partial charge in [0.2, 0.25) is 21.8 Å². The van der Waals surface area contributed by atoms with Crippen LogP contribution in [0.1, 0.15) is 81.9 Å². The van der Waals surface area contributed by atoms with Gasteiger partial charge in [-0.25, -0.2) is 8.42 Å². The number of hydrogen-bond acceptors (Lipinski definition) is 4. The van der Waals surface area contributed by atoms with E-state index in [9.17, 15) is 18.0 Å². The van der Waals surface area contributed by atoms with Gasteiger partial charge in [0.15, 0.2) is 0 Å². The van der Waals surface area contributed by atoms with Crippen LogP contribution in [0, 0.1) is 24.7 Å². The molecule has 0 saturated heterocycles. The molecule has 42 heavy (non-hydrogen) atoms. The number of carbonyl (C=O) groups excluding carboxylic acids is 2. The van der Waals surface area contributed by atoms with E-state index in [2.05, 4.69) is 17.4 Å². The van der Waals surface area contributed by atoms with E-state index in [1.165, 1.54) is 48.4 Å². The summed E-state index contributed by atoms with van der Waals surface area (Å²) in [7, 11) is -3.77. The number of anilines is 1. The predicted octanol–water partition coefficient (Wildman–Crippen LogP) is 5.56. The lowest BCUT2D eigenvalue weighted by molar-refractivity contribution is -0.140. The lowest BCUT2D eigenvalue weighted by atomic mass is 9.48. The van der Waals surface area contributed by atoms with Crippen molar-refractivity contribution in [1.29, 1.82) is 0 Å². The summed E-state index contributed by atoms with van der Waals surface area (Å²) in [6.07, 6.45) is 10.2. The highest BCUT2D eigenvalue weighted by molar-refractivity contribution is 7.92. The van der Waals surface area contributed by atoms with E-state index < -0.39 is 22.0 Å². The minimum absolute atomic E-state index is 0.212. The van der Waals surface area contributed by atoms with Gasteiger partial charge in [-0.3, -0.25) is 13.9 Å². The molecule has 4 bridgehead atoms. The smallest absolute Gasteiger partial charge is 0.244 e. The average Bonchev–Trinajstić information content (AvgIpc) is 2.93. The molecule has 228 valence electrons. The SMILES string of the molecule is CCCNC(=O)C(CC)N(Cc1cccc(C)c1)C(=O)CN(c1ccc(C23CC4CC(CC(C4)C2)C3)cc1)S(C)(=O)=O. The van der Waals surface area contributed by atoms with Crippen LogP contribution >= 0.6 is 0 Å². The van der Waals surface area contributed by atoms with Crippen molar-refractivity contribution in [2.24, 2.45) is 17.8 Å². The Hall–Kier alpha value is -2.87. The highest BCUT2D eigenvalue weighted by Crippen LogP contribution is 2.60. The maximum atomic E-state index is 14.0. The molecule has 0 radical (unpaired) electrons. The van der Waals surface area contributed by atoms with Crippen molar-refractivity contribution in [2.75, 3.05) is 23.7 Å². The molecule has 4 fully saturated rings. The third-order valence-electron chi connectivity index (χ3n) is 9.86. The molecule has 2 aromatic rings. The first kappa shape index (κ1) is 30.6. The number of aryl methyl sites for hydroxylation is 1. The largest absolute Gasteiger partial charge is 0.354 e. The Morgan fingerprint density at radius 2 is 1.60 bits per heavy atom. The predicted molar refractivity (Wildman–Crippen MR) is 168 cm³/mol. The average molecular weight is 594 g/mol. The number of nitrogens with zero attached hydrogens (tertiary/aromatic N) is 2. The third-order valence-corrected chi connectivity index (χ3v) is 11.0. The summed E-state index contributed by atoms with van der Waals surface area (Å²) < 4.78 is 27.4. The van der Waals surface area contributed by atoms with Crippen LogP contribution in [0.5, 0.6) is 0 Å². The number of nitrogens with one attached hydrogen (secondary N) is 1. The zero-order valence-corrected chi connectivity index (χ0v) is 26.5. The molecule has 6 rings (SSSR count). The monoisotopic (exact) mass is 593 g/mol. The maximum Gasteiger partial charge on any atom is 0.244 e. The zero-order valence-electron chi connectivity index (χ0n) is 25.6. The second-order valence-electron chi connectivity index (χ2n) is 13.2. The van der Waals surface area contributed by atoms with E-state index in [0.717, 1.165) is 41.6 Å². The Morgan fingerprint density at radius 3 is 2.12 bits per heavy atom. The second-order valence-corrected chi connectivity index (χ2v) is 15.1. The van der Waals surface area contributed by atoms with E-state index in [-0.39, 0.29) is 24.4 Å². The highest BCUT2D eigenvalue weighted by Gasteiger charge is 2.51. The molecule has 1 N–H and O–H groups in total. The first-order valence-corrected chi connectivity index (χ1v) is 17.6. The van der Waals surface area contributed by atoms with Crippen molar-refractivity contribution in [2.45, 2.75) is 90.1 Å². The van der Waals surface area contributed by atoms with Gasteiger partial charge in [-0.05, 0) is 105 Å². The fraction of sp³-hybridized carbons (Fsp3) is 0.588. The van der Waals surface area contributed by atoms with Crippen LogP contribution in [0.3, 0.4) is 0 Å². The van der Waals surface area contributed by atoms with Gasteiger partial charge in [0.05, 0.1) is 11.9 Å². The zero-order chi connectivity index (χ0) is 30.1. The summed E-state index contributed by atoms with van der Waals surface area (Å²) in [6, 6.07) is 15.1. The Labute approximate surface area is 252 Å². The van der Waals surface area contributed by atoms with E-state index in [1.54, 1.807) is 4.90 Å². The molecule has 2 amide bonds. The molecule has 1 unspecified atom stereocenters. The summed E-state index contributed by atoms with van der Waals surface area (Å²) in [6.45, 7) is 6.23. The van der Waals surface area contributed by atoms with Gasteiger partial charge in [0, 0.05) is 13.1 Å². The van der Waals surface area contributed by atoms with E-state index in [0.29, 0.717) is 18.7 Å². The molecule has 0 aliphatic heterocycles. The summed E-state index contributed by atoms with van der Waals surface area (Å²) in [5.74, 6) is 1.85. The Balaban J connectivity index is 1.40. The minimum Gasteiger partial charge on any atom is -0.354 e. The summed E-state index contributed by atoms with van der Waals surface area (Å²) in [4.78, 5) is 28.7. The molecule has 0 aromatic heterocycles. The molecule has 4 saturated carbocycles. The van der Waals surface area contributed by atoms with Crippen molar-refractivity contribution in [3.05, 3.63) is 65.2 Å². The van der Waals surface area contributed by atoms with Crippen LogP contribution in [0.4, 0.5) is 5.69 Å². The molecule has 0 heterocycles. The molecular formula is C34H47N3O4S. The molecule has 8 heteroatoms. The molecule has 4 aliphatic rings. The fourth-order valence-electron chi connectivity index (χ4n) is 8.35. The minimum atomic E-state index is -3.77. The first-order chi connectivity index (χ1) is 20.0. The fourth-order valence-corrected chi connectivity index (χ4v) is 9.20. The number of hydrogen-bond donors (Lipinski definition) is 1. The third kappa shape index (κ3) is 6.53. The molecule has 2 aromatic carbocycles. The van der Waals surface area contributed by atoms with E-state index >= 15 is 0 Å². The van der Waals surface area contributed by atoms with Crippen molar-refractivity contribution >= 4 is 27.5 Å². The topological polar surface area (TPSA) is 86.8 Å². The Kier molecular flexibility index (Phi) is 9.02. The normalized spacial score (nSPS) is 25.2. The van der Waals surface area contributed by atoms with Crippen LogP contribution in [0.2, 0.25) is 0 Å². The van der Waals surface area contributed by atoms with Crippen molar-refractivity contribution < 1.29 is 18.0 Å². The van der Waals surface area contributed by atoms with Gasteiger partial charge in [-0.1, -0.05) is 55.8 Å². The molecule has 4 aliphatic carbocycles. The Morgan fingerprint density at radius 1 is 0.976 bits per heavy atom. The number of benzene rings is 2. The summed E-state index contributed by atoms with van der Waals surface area (Å²) >= 11 is 0. The number of carbonyl (C=O) groups is 2. The summed E-state index contributed by atoms with van der Waals surface area (Å²) in [5, 5.41) is 2.93. The second kappa shape index (κ2) is 12.4. The molecule has 7 nitrogen and oxygen atoms in total. The van der Waals surface area contributed by atoms with Crippen LogP contribution < -0.4 is 9.62 Å². The van der Waals surface area contributed by atoms with Gasteiger partial charge < -0.3 is 10.2 Å². The van der Waals surface area contributed by atoms with Gasteiger partial charge in [0.25, 0.3) is 0 Å². The van der Waals surface area contributed by atoms with Crippen molar-refractivity contribution in [1.82, 2.24) is 10.2 Å². The number of rotatable bonds is 12. The van der Waals surface area contributed by atoms with Gasteiger partial charge in [-0.2, -0.15) is 0 Å². The lowest BCUT2D eigenvalue weighted by Crippen LogP contribution is -2.52. The van der Waals surface area contributed by atoms with Crippen LogP contribution in [0.25, 0.3) is 0 Å². The molecule has 1 atom stereocenters. The van der Waals surface area contributed by atoms with Gasteiger partial charge >= 0.3 is 0 Å². The maximum absolute atomic E-state index is 14.0. The highest BCUT2D eigenvalue weighted by atomic mass is 32.2. The van der Waals surface area contributed by atoms with Gasteiger partial charge in [0.1, 0.15) is 12.6 Å². The number of sulfonamides is 1. The molecule has 0 spiro atoms. The van der Waals surface area contributed by atoms with Crippen LogP contribution in [0.15, 0.2) is 48.5 Å². The van der Waals surface area contributed by atoms with Crippen molar-refractivity contribution in [3.63, 3.8) is 0 Å². The first-order valence-electron chi connectivity index (χ1n) is 15.7. The van der Waals surface area contributed by atoms with Crippen LogP contribution in [-0.2, 0) is 31.6 Å². The summed E-state index contributed by atoms with van der Waals surface area (Å²) in [5.41, 5.74) is 3.96. The van der Waals surface area contributed by atoms with Gasteiger partial charge in [-0.15, -0.1) is 0 Å². The molecular weight excluding hydrogens is 546 g/mol. The quantitative estimate of drug-likeness (QED) is 0.349. The number of amides is 2. The van der Waals surface area contributed by atoms with Crippen LogP contribution in [-0.4, -0.2) is 50.5 Å². The lowest BCUT2D eigenvalue weighted by Gasteiger charge is -2.57. The Bertz CT molecular complexity index is 1350. The standard InChI is InChI=1S/C34H47N3O4S/c1-5-14-35-33(39)31(6-2)36(22-25-9-7-8-24(3)15-25)32(38)23-37(42(4,40)41)30-12-10-29(11-13-30)34-19-26-16-27(20-34)18-28(17-26)21-34/h7-13,15,26-28,31H,5-6,14,16-23H2,1-4H3,(H,35,39).